The second-order valence-corrected chi connectivity index (χ2v) is 5.54. The largest absolute Gasteiger partial charge is 0.292 e. The molecule has 0 aliphatic rings. The maximum absolute atomic E-state index is 12.4. The first-order valence-corrected chi connectivity index (χ1v) is 7.13. The molecule has 1 aromatic heterocycles. The van der Waals surface area contributed by atoms with E-state index in [1.165, 1.54) is 5.56 Å². The highest BCUT2D eigenvalue weighted by Crippen LogP contribution is 2.20. The van der Waals surface area contributed by atoms with Crippen LogP contribution in [0.4, 0.5) is 0 Å². The molecule has 0 amide bonds. The number of nitrogens with zero attached hydrogens (tertiary/aromatic N) is 2. The summed E-state index contributed by atoms with van der Waals surface area (Å²) < 4.78 is 2.50. The lowest BCUT2D eigenvalue weighted by atomic mass is 10.00. The standard InChI is InChI=1S/C15H17BrN2O/c1-4-18-15(13(16)9-17-18)14(19)8-12-7-10(2)5-6-11(12)3/h5-7,9H,4,8H2,1-3H3. The first kappa shape index (κ1) is 14.0. The Bertz CT molecular complexity index is 617. The topological polar surface area (TPSA) is 34.9 Å². The Morgan fingerprint density at radius 3 is 2.79 bits per heavy atom. The van der Waals surface area contributed by atoms with Crippen molar-refractivity contribution < 1.29 is 4.79 Å². The van der Waals surface area contributed by atoms with Gasteiger partial charge in [-0.15, -0.1) is 0 Å². The van der Waals surface area contributed by atoms with Crippen LogP contribution in [0.2, 0.25) is 0 Å². The van der Waals surface area contributed by atoms with Crippen molar-refractivity contribution >= 4 is 21.7 Å². The minimum absolute atomic E-state index is 0.0972. The van der Waals surface area contributed by atoms with Crippen molar-refractivity contribution in [3.63, 3.8) is 0 Å². The number of carbonyl (C=O) groups is 1. The van der Waals surface area contributed by atoms with Crippen molar-refractivity contribution in [2.75, 3.05) is 0 Å². The smallest absolute Gasteiger partial charge is 0.186 e. The van der Waals surface area contributed by atoms with Gasteiger partial charge in [-0.1, -0.05) is 23.8 Å². The SMILES string of the molecule is CCn1ncc(Br)c1C(=O)Cc1cc(C)ccc1C. The summed E-state index contributed by atoms with van der Waals surface area (Å²) in [6.45, 7) is 6.75. The summed E-state index contributed by atoms with van der Waals surface area (Å²) in [5, 5.41) is 4.19. The molecule has 100 valence electrons. The van der Waals surface area contributed by atoms with E-state index < -0.39 is 0 Å². The third-order valence-electron chi connectivity index (χ3n) is 3.21. The van der Waals surface area contributed by atoms with Gasteiger partial charge in [0.25, 0.3) is 0 Å². The number of benzene rings is 1. The van der Waals surface area contributed by atoms with Crippen LogP contribution >= 0.6 is 15.9 Å². The Balaban J connectivity index is 2.30. The van der Waals surface area contributed by atoms with Gasteiger partial charge in [-0.2, -0.15) is 5.10 Å². The maximum Gasteiger partial charge on any atom is 0.186 e. The van der Waals surface area contributed by atoms with Crippen LogP contribution in [0, 0.1) is 13.8 Å². The van der Waals surface area contributed by atoms with Crippen LogP contribution in [0.25, 0.3) is 0 Å². The fourth-order valence-electron chi connectivity index (χ4n) is 2.13. The van der Waals surface area contributed by atoms with E-state index in [0.717, 1.165) is 15.6 Å². The van der Waals surface area contributed by atoms with Gasteiger partial charge in [0.2, 0.25) is 0 Å². The van der Waals surface area contributed by atoms with Gasteiger partial charge in [-0.3, -0.25) is 9.48 Å². The van der Waals surface area contributed by atoms with Gasteiger partial charge < -0.3 is 0 Å². The van der Waals surface area contributed by atoms with E-state index in [0.29, 0.717) is 18.7 Å². The summed E-state index contributed by atoms with van der Waals surface area (Å²) in [4.78, 5) is 12.4. The van der Waals surface area contributed by atoms with Gasteiger partial charge in [-0.05, 0) is 47.8 Å². The molecule has 4 heteroatoms. The zero-order valence-electron chi connectivity index (χ0n) is 11.4. The fourth-order valence-corrected chi connectivity index (χ4v) is 2.64. The highest BCUT2D eigenvalue weighted by Gasteiger charge is 2.17. The van der Waals surface area contributed by atoms with Gasteiger partial charge in [0.05, 0.1) is 10.7 Å². The van der Waals surface area contributed by atoms with Gasteiger partial charge in [0.15, 0.2) is 5.78 Å². The third kappa shape index (κ3) is 2.95. The zero-order valence-corrected chi connectivity index (χ0v) is 13.0. The maximum atomic E-state index is 12.4. The predicted molar refractivity (Wildman–Crippen MR) is 79.6 cm³/mol. The van der Waals surface area contributed by atoms with Crippen LogP contribution in [0.3, 0.4) is 0 Å². The average molecular weight is 321 g/mol. The Hall–Kier alpha value is -1.42. The predicted octanol–water partition coefficient (Wildman–Crippen LogP) is 3.71. The Kier molecular flexibility index (Phi) is 4.20. The van der Waals surface area contributed by atoms with Crippen molar-refractivity contribution in [3.05, 3.63) is 51.3 Å². The second kappa shape index (κ2) is 5.70. The molecule has 1 heterocycles. The normalized spacial score (nSPS) is 10.7. The van der Waals surface area contributed by atoms with Gasteiger partial charge >= 0.3 is 0 Å². The van der Waals surface area contributed by atoms with Crippen LogP contribution in [0.1, 0.15) is 34.1 Å². The van der Waals surface area contributed by atoms with Crippen molar-refractivity contribution in [1.29, 1.82) is 0 Å². The van der Waals surface area contributed by atoms with E-state index in [1.807, 2.05) is 20.8 Å². The number of aromatic nitrogens is 2. The fraction of sp³-hybridized carbons (Fsp3) is 0.333. The number of carbonyl (C=O) groups excluding carboxylic acids is 1. The molecule has 2 aromatic rings. The van der Waals surface area contributed by atoms with Crippen LogP contribution in [0.15, 0.2) is 28.9 Å². The lowest BCUT2D eigenvalue weighted by Crippen LogP contribution is -2.13. The molecule has 0 spiro atoms. The van der Waals surface area contributed by atoms with Gasteiger partial charge in [0.1, 0.15) is 5.69 Å². The highest BCUT2D eigenvalue weighted by molar-refractivity contribution is 9.10. The molecule has 0 fully saturated rings. The van der Waals surface area contributed by atoms with Crippen LogP contribution < -0.4 is 0 Å². The molecular weight excluding hydrogens is 304 g/mol. The number of aryl methyl sites for hydroxylation is 3. The van der Waals surface area contributed by atoms with Crippen LogP contribution in [0.5, 0.6) is 0 Å². The van der Waals surface area contributed by atoms with Gasteiger partial charge in [0, 0.05) is 13.0 Å². The minimum Gasteiger partial charge on any atom is -0.292 e. The van der Waals surface area contributed by atoms with Crippen molar-refractivity contribution in [2.45, 2.75) is 33.7 Å². The van der Waals surface area contributed by atoms with Crippen LogP contribution in [-0.2, 0) is 13.0 Å². The molecule has 0 saturated heterocycles. The molecule has 0 saturated carbocycles. The minimum atomic E-state index is 0.0972. The molecule has 0 atom stereocenters. The summed E-state index contributed by atoms with van der Waals surface area (Å²) in [5.74, 6) is 0.0972. The second-order valence-electron chi connectivity index (χ2n) is 4.69. The number of hydrogen-bond acceptors (Lipinski definition) is 2. The Labute approximate surface area is 121 Å². The summed E-state index contributed by atoms with van der Waals surface area (Å²) in [7, 11) is 0. The number of halogens is 1. The molecule has 0 radical (unpaired) electrons. The lowest BCUT2D eigenvalue weighted by molar-refractivity contribution is 0.0982. The summed E-state index contributed by atoms with van der Waals surface area (Å²) >= 11 is 3.40. The molecule has 0 bridgehead atoms. The molecule has 3 nitrogen and oxygen atoms in total. The zero-order chi connectivity index (χ0) is 14.0. The number of hydrogen-bond donors (Lipinski definition) is 0. The molecule has 2 rings (SSSR count). The molecule has 19 heavy (non-hydrogen) atoms. The Morgan fingerprint density at radius 2 is 2.11 bits per heavy atom. The molecular formula is C15H17BrN2O. The number of Topliss-reactive ketones (excluding diaryl/α,β-unsaturated/α-hetero) is 1. The van der Waals surface area contributed by atoms with E-state index >= 15 is 0 Å². The Morgan fingerprint density at radius 1 is 1.37 bits per heavy atom. The van der Waals surface area contributed by atoms with E-state index in [-0.39, 0.29) is 5.78 Å². The molecule has 0 aliphatic carbocycles. The highest BCUT2D eigenvalue weighted by atomic mass is 79.9. The van der Waals surface area contributed by atoms with Crippen LogP contribution in [-0.4, -0.2) is 15.6 Å². The summed E-state index contributed by atoms with van der Waals surface area (Å²) in [5.41, 5.74) is 4.07. The van der Waals surface area contributed by atoms with E-state index in [9.17, 15) is 4.79 Å². The van der Waals surface area contributed by atoms with Crippen molar-refractivity contribution in [2.24, 2.45) is 0 Å². The summed E-state index contributed by atoms with van der Waals surface area (Å²) in [6, 6.07) is 6.20. The van der Waals surface area contributed by atoms with Gasteiger partial charge in [-0.25, -0.2) is 0 Å². The average Bonchev–Trinajstić information content (AvgIpc) is 2.75. The number of rotatable bonds is 4. The first-order valence-electron chi connectivity index (χ1n) is 6.33. The molecule has 0 aliphatic heterocycles. The number of ketones is 1. The van der Waals surface area contributed by atoms with E-state index in [4.69, 9.17) is 0 Å². The lowest BCUT2D eigenvalue weighted by Gasteiger charge is -2.08. The molecule has 0 N–H and O–H groups in total. The van der Waals surface area contributed by atoms with Crippen molar-refractivity contribution in [3.8, 4) is 0 Å². The molecule has 1 aromatic carbocycles. The van der Waals surface area contributed by atoms with E-state index in [1.54, 1.807) is 10.9 Å². The monoisotopic (exact) mass is 320 g/mol. The first-order chi connectivity index (χ1) is 9.02. The quantitative estimate of drug-likeness (QED) is 0.805. The third-order valence-corrected chi connectivity index (χ3v) is 3.79. The molecule has 0 unspecified atom stereocenters. The summed E-state index contributed by atoms with van der Waals surface area (Å²) in [6.07, 6.45) is 2.09. The van der Waals surface area contributed by atoms with E-state index in [2.05, 4.69) is 39.2 Å². The van der Waals surface area contributed by atoms with Crippen molar-refractivity contribution in [1.82, 2.24) is 9.78 Å².